The minimum atomic E-state index is -0.789. The molecule has 0 fully saturated rings. The highest BCUT2D eigenvalue weighted by molar-refractivity contribution is 5.70. The third-order valence-electron chi connectivity index (χ3n) is 14.2. The molecule has 0 bridgehead atoms. The summed E-state index contributed by atoms with van der Waals surface area (Å²) in [7, 11) is 0. The summed E-state index contributed by atoms with van der Waals surface area (Å²) < 4.78 is 10.7. The lowest BCUT2D eigenvalue weighted by Crippen LogP contribution is -2.28. The molecule has 5 heteroatoms. The fourth-order valence-electron chi connectivity index (χ4n) is 9.14. The number of aliphatic hydroxyl groups excluding tert-OH is 1. The molecular formula is C79H126O5. The molecular weight excluding hydrogens is 1030 g/mol. The smallest absolute Gasteiger partial charge is 0.306 e. The second-order valence-electron chi connectivity index (χ2n) is 22.1. The van der Waals surface area contributed by atoms with Crippen LogP contribution in [0.4, 0.5) is 0 Å². The van der Waals surface area contributed by atoms with Crippen molar-refractivity contribution in [3.05, 3.63) is 182 Å². The molecule has 0 spiro atoms. The number of hydrogen-bond acceptors (Lipinski definition) is 5. The van der Waals surface area contributed by atoms with Crippen molar-refractivity contribution in [3.63, 3.8) is 0 Å². The van der Waals surface area contributed by atoms with Gasteiger partial charge in [-0.2, -0.15) is 0 Å². The van der Waals surface area contributed by atoms with E-state index in [1.54, 1.807) is 0 Å². The fraction of sp³-hybridized carbons (Fsp3) is 0.595. The lowest BCUT2D eigenvalue weighted by atomic mass is 10.0. The summed E-state index contributed by atoms with van der Waals surface area (Å²) in [6, 6.07) is 0. The Balaban J connectivity index is 3.56. The normalized spacial score (nSPS) is 13.4. The summed E-state index contributed by atoms with van der Waals surface area (Å²) in [6.45, 7) is 3.91. The molecule has 0 aromatic rings. The van der Waals surface area contributed by atoms with E-state index in [-0.39, 0.29) is 25.2 Å². The molecule has 472 valence electrons. The molecule has 0 rings (SSSR count). The number of aliphatic hydroxyl groups is 1. The van der Waals surface area contributed by atoms with E-state index >= 15 is 0 Å². The number of hydrogen-bond donors (Lipinski definition) is 1. The van der Waals surface area contributed by atoms with Crippen molar-refractivity contribution >= 4 is 11.9 Å². The molecule has 0 aliphatic heterocycles. The van der Waals surface area contributed by atoms with E-state index in [1.165, 1.54) is 122 Å². The van der Waals surface area contributed by atoms with Gasteiger partial charge in [-0.25, -0.2) is 0 Å². The zero-order valence-corrected chi connectivity index (χ0v) is 54.1. The van der Waals surface area contributed by atoms with Gasteiger partial charge in [0.15, 0.2) is 6.10 Å². The lowest BCUT2D eigenvalue weighted by molar-refractivity contribution is -0.161. The van der Waals surface area contributed by atoms with Crippen molar-refractivity contribution in [1.82, 2.24) is 0 Å². The lowest BCUT2D eigenvalue weighted by Gasteiger charge is -2.15. The molecule has 5 nitrogen and oxygen atoms in total. The summed E-state index contributed by atoms with van der Waals surface area (Å²) in [5.41, 5.74) is 0. The Labute approximate surface area is 518 Å². The van der Waals surface area contributed by atoms with Crippen LogP contribution < -0.4 is 0 Å². The number of unbranched alkanes of at least 4 members (excludes halogenated alkanes) is 23. The average Bonchev–Trinajstić information content (AvgIpc) is 3.51. The van der Waals surface area contributed by atoms with Crippen LogP contribution in [0.5, 0.6) is 0 Å². The highest BCUT2D eigenvalue weighted by Gasteiger charge is 2.16. The van der Waals surface area contributed by atoms with Crippen LogP contribution in [0.15, 0.2) is 182 Å². The van der Waals surface area contributed by atoms with E-state index in [0.717, 1.165) is 135 Å². The maximum Gasteiger partial charge on any atom is 0.306 e. The first-order valence-corrected chi connectivity index (χ1v) is 34.3. The molecule has 0 aliphatic rings. The number of allylic oxidation sites excluding steroid dienone is 30. The Morgan fingerprint density at radius 1 is 0.274 bits per heavy atom. The van der Waals surface area contributed by atoms with E-state index in [1.807, 2.05) is 0 Å². The molecule has 0 saturated heterocycles. The van der Waals surface area contributed by atoms with Gasteiger partial charge in [-0.1, -0.05) is 318 Å². The maximum atomic E-state index is 12.4. The Kier molecular flexibility index (Phi) is 68.0. The largest absolute Gasteiger partial charge is 0.462 e. The van der Waals surface area contributed by atoms with Gasteiger partial charge in [0.2, 0.25) is 0 Å². The number of esters is 2. The van der Waals surface area contributed by atoms with E-state index in [9.17, 15) is 14.7 Å². The predicted octanol–water partition coefficient (Wildman–Crippen LogP) is 24.2. The van der Waals surface area contributed by atoms with Crippen molar-refractivity contribution in [2.75, 3.05) is 13.2 Å². The zero-order valence-electron chi connectivity index (χ0n) is 54.1. The summed E-state index contributed by atoms with van der Waals surface area (Å²) in [4.78, 5) is 24.7. The van der Waals surface area contributed by atoms with Crippen molar-refractivity contribution in [2.24, 2.45) is 0 Å². The first-order valence-electron chi connectivity index (χ1n) is 34.3. The Hall–Kier alpha value is -5.00. The van der Waals surface area contributed by atoms with Gasteiger partial charge in [0.1, 0.15) is 6.61 Å². The van der Waals surface area contributed by atoms with Crippen LogP contribution in [0.25, 0.3) is 0 Å². The Morgan fingerprint density at radius 2 is 0.476 bits per heavy atom. The average molecular weight is 1160 g/mol. The van der Waals surface area contributed by atoms with Crippen LogP contribution in [0.3, 0.4) is 0 Å². The van der Waals surface area contributed by atoms with Crippen molar-refractivity contribution in [1.29, 1.82) is 0 Å². The maximum absolute atomic E-state index is 12.4. The topological polar surface area (TPSA) is 72.8 Å². The molecule has 0 aliphatic carbocycles. The quantitative estimate of drug-likeness (QED) is 0.0373. The molecule has 0 amide bonds. The van der Waals surface area contributed by atoms with Gasteiger partial charge in [-0.3, -0.25) is 9.59 Å². The summed E-state index contributed by atoms with van der Waals surface area (Å²) in [5, 5.41) is 9.70. The second kappa shape index (κ2) is 72.3. The predicted molar refractivity (Wildman–Crippen MR) is 370 cm³/mol. The van der Waals surface area contributed by atoms with Gasteiger partial charge in [0.25, 0.3) is 0 Å². The SMILES string of the molecule is CC/C=C\C/C=C\C/C=C\C/C=C\C/C=C\C/C=C\C/C=C\C/C=C\CCCCCCCCCCCCCCC(=O)OC(CO)COC(=O)CCCCCCCCCCCCC/C=C\C/C=C\C/C=C\C/C=C\C/C=C\C/C=C\C/C=C\CC. The second-order valence-corrected chi connectivity index (χ2v) is 22.1. The number of carbonyl (C=O) groups excluding carboxylic acids is 2. The van der Waals surface area contributed by atoms with Crippen molar-refractivity contribution in [3.8, 4) is 0 Å². The van der Waals surface area contributed by atoms with Gasteiger partial charge in [0, 0.05) is 12.8 Å². The number of ether oxygens (including phenoxy) is 2. The summed E-state index contributed by atoms with van der Waals surface area (Å²) in [5.74, 6) is -0.602. The van der Waals surface area contributed by atoms with Crippen molar-refractivity contribution < 1.29 is 24.2 Å². The third kappa shape index (κ3) is 69.5. The molecule has 0 saturated carbocycles. The third-order valence-corrected chi connectivity index (χ3v) is 14.2. The molecule has 0 aromatic heterocycles. The van der Waals surface area contributed by atoms with Crippen LogP contribution in [0.1, 0.15) is 284 Å². The highest BCUT2D eigenvalue weighted by atomic mass is 16.6. The summed E-state index contributed by atoms with van der Waals surface area (Å²) >= 11 is 0. The van der Waals surface area contributed by atoms with Gasteiger partial charge in [0.05, 0.1) is 6.61 Å². The van der Waals surface area contributed by atoms with Gasteiger partial charge < -0.3 is 14.6 Å². The van der Waals surface area contributed by atoms with Gasteiger partial charge in [-0.15, -0.1) is 0 Å². The van der Waals surface area contributed by atoms with E-state index in [2.05, 4.69) is 196 Å². The molecule has 0 radical (unpaired) electrons. The van der Waals surface area contributed by atoms with Crippen LogP contribution >= 0.6 is 0 Å². The first-order chi connectivity index (χ1) is 41.6. The van der Waals surface area contributed by atoms with Gasteiger partial charge >= 0.3 is 11.9 Å². The fourth-order valence-corrected chi connectivity index (χ4v) is 9.14. The standard InChI is InChI=1S/C79H126O5/c1-3-5-7-9-11-13-15-17-19-21-23-25-27-29-31-33-35-37-38-39-40-42-44-46-48-50-52-54-56-58-60-62-64-66-68-70-72-74-79(82)84-77(75-80)76-83-78(81)73-71-69-67-65-63-61-59-57-55-53-51-49-47-45-43-41-36-34-32-30-28-26-24-22-20-18-16-14-12-10-8-6-4-2/h5-8,11-14,17-20,23-26,29-32,35-37,39-41,44-47,77,80H,3-4,9-10,15-16,21-22,27-28,33-34,38,42-43,48-76H2,1-2H3/b7-5-,8-6-,13-11-,14-12-,19-17-,20-18-,25-23-,26-24-,31-29-,32-30-,37-35-,40-39-,41-36-,46-44-,47-45-. The molecule has 0 aromatic carbocycles. The van der Waals surface area contributed by atoms with Gasteiger partial charge in [-0.05, 0) is 135 Å². The minimum absolute atomic E-state index is 0.0775. The number of rotatable bonds is 61. The molecule has 0 heterocycles. The molecule has 1 N–H and O–H groups in total. The van der Waals surface area contributed by atoms with E-state index in [0.29, 0.717) is 12.8 Å². The molecule has 1 unspecified atom stereocenters. The van der Waals surface area contributed by atoms with Crippen LogP contribution in [0, 0.1) is 0 Å². The van der Waals surface area contributed by atoms with Crippen LogP contribution in [0.2, 0.25) is 0 Å². The minimum Gasteiger partial charge on any atom is -0.462 e. The monoisotopic (exact) mass is 1150 g/mol. The van der Waals surface area contributed by atoms with E-state index < -0.39 is 6.10 Å². The zero-order chi connectivity index (χ0) is 60.5. The molecule has 84 heavy (non-hydrogen) atoms. The van der Waals surface area contributed by atoms with Crippen LogP contribution in [-0.2, 0) is 19.1 Å². The highest BCUT2D eigenvalue weighted by Crippen LogP contribution is 2.16. The summed E-state index contributed by atoms with van der Waals surface area (Å²) in [6.07, 6.45) is 113. The Bertz CT molecular complexity index is 1890. The molecule has 1 atom stereocenters. The van der Waals surface area contributed by atoms with Crippen molar-refractivity contribution in [2.45, 2.75) is 290 Å². The first kappa shape index (κ1) is 79.0. The van der Waals surface area contributed by atoms with E-state index in [4.69, 9.17) is 9.47 Å². The Morgan fingerprint density at radius 3 is 0.714 bits per heavy atom. The number of carbonyl (C=O) groups is 2. The van der Waals surface area contributed by atoms with Crippen LogP contribution in [-0.4, -0.2) is 36.4 Å².